The number of carbonyl (C=O) groups excluding carboxylic acids is 11. The summed E-state index contributed by atoms with van der Waals surface area (Å²) < 4.78 is 0. The maximum atomic E-state index is 15.7. The Labute approximate surface area is 584 Å². The molecule has 6 N–H and O–H groups in total. The second-order valence-electron chi connectivity index (χ2n) is 29.2. The van der Waals surface area contributed by atoms with Gasteiger partial charge in [-0.1, -0.05) is 130 Å². The van der Waals surface area contributed by atoms with E-state index in [0.29, 0.717) is 45.2 Å². The van der Waals surface area contributed by atoms with Crippen LogP contribution in [0, 0.1) is 23.7 Å². The molecule has 4 rings (SSSR count). The molecule has 0 bridgehead atoms. The van der Waals surface area contributed by atoms with Crippen molar-refractivity contribution in [2.24, 2.45) is 23.7 Å². The molecule has 2 saturated heterocycles. The Morgan fingerprint density at radius 2 is 1.09 bits per heavy atom. The van der Waals surface area contributed by atoms with Crippen LogP contribution >= 0.6 is 0 Å². The van der Waals surface area contributed by atoms with E-state index in [9.17, 15) is 33.9 Å². The number of aryl methyl sites for hydroxylation is 1. The third-order valence-corrected chi connectivity index (χ3v) is 19.3. The number of hydrogen-bond donors (Lipinski definition) is 6. The Kier molecular flexibility index (Phi) is 33.3. The highest BCUT2D eigenvalue weighted by atomic mass is 16.3. The molecule has 2 aromatic rings. The largest absolute Gasteiger partial charge is 0.391 e. The Morgan fingerprint density at radius 1 is 0.551 bits per heavy atom. The van der Waals surface area contributed by atoms with Crippen LogP contribution in [0.3, 0.4) is 0 Å². The molecule has 548 valence electrons. The summed E-state index contributed by atoms with van der Waals surface area (Å²) >= 11 is 0. The fourth-order valence-electron chi connectivity index (χ4n) is 13.1. The maximum Gasteiger partial charge on any atom is 0.245 e. The van der Waals surface area contributed by atoms with Crippen molar-refractivity contribution >= 4 is 65.0 Å². The van der Waals surface area contributed by atoms with E-state index < -0.39 is 150 Å². The van der Waals surface area contributed by atoms with Crippen molar-refractivity contribution in [2.75, 3.05) is 68.5 Å². The normalized spacial score (nSPS) is 25.7. The summed E-state index contributed by atoms with van der Waals surface area (Å²) in [6.45, 7) is 24.0. The third kappa shape index (κ3) is 23.9. The van der Waals surface area contributed by atoms with Crippen molar-refractivity contribution in [3.63, 3.8) is 0 Å². The highest BCUT2D eigenvalue weighted by molar-refractivity contribution is 5.99. The number of rotatable bonds is 17. The fraction of sp³-hybridized carbons (Fsp3) is 0.689. The topological polar surface area (TPSA) is 291 Å². The van der Waals surface area contributed by atoms with Gasteiger partial charge in [-0.2, -0.15) is 0 Å². The number of likely N-dealkylation sites (N-methyl/N-ethyl adjacent to an activating group) is 6. The SMILES string of the molecule is CCCC(C[C@@H]1NC(=O)C(Cc2ccccc2)N(C)C(=O)[C@H](CC(C)C)NC(=O)[C@H](CC(C)C)N(C)C[C@H](C)N(C)C(=O)[C@@H](C(C)C)NC(=O)C[C@@H](C(=O)N2CCCCC2)NC(=O)[C@H]([C@@H](C)O)NC(=O)[C@H](C)N(C)C(=O)CN(C)C(=O)[C@H](CC(C)C)N(C)C1=O)c1ccccc1CC. The molecule has 2 fully saturated rings. The molecular formula is C74H120N12O12. The molecule has 0 saturated carbocycles. The van der Waals surface area contributed by atoms with E-state index in [4.69, 9.17) is 0 Å². The van der Waals surface area contributed by atoms with Gasteiger partial charge in [-0.3, -0.25) is 57.6 Å². The predicted octanol–water partition coefficient (Wildman–Crippen LogP) is 4.89. The molecular weight excluding hydrogens is 1250 g/mol. The van der Waals surface area contributed by atoms with Crippen LogP contribution in [0.2, 0.25) is 0 Å². The van der Waals surface area contributed by atoms with Gasteiger partial charge < -0.3 is 61.1 Å². The number of nitrogens with zero attached hydrogens (tertiary/aromatic N) is 7. The van der Waals surface area contributed by atoms with Gasteiger partial charge in [0.05, 0.1) is 25.1 Å². The average Bonchev–Trinajstić information content (AvgIpc) is 0.825. The lowest BCUT2D eigenvalue weighted by Gasteiger charge is -2.37. The number of likely N-dealkylation sites (tertiary alicyclic amines) is 1. The number of benzene rings is 2. The Morgan fingerprint density at radius 3 is 1.64 bits per heavy atom. The van der Waals surface area contributed by atoms with Gasteiger partial charge in [-0.05, 0) is 132 Å². The summed E-state index contributed by atoms with van der Waals surface area (Å²) in [5, 5.41) is 25.3. The van der Waals surface area contributed by atoms with Crippen LogP contribution in [0.15, 0.2) is 54.6 Å². The molecule has 12 atom stereocenters. The number of piperidine rings is 1. The zero-order chi connectivity index (χ0) is 73.6. The molecule has 0 spiro atoms. The first-order valence-corrected chi connectivity index (χ1v) is 35.6. The summed E-state index contributed by atoms with van der Waals surface area (Å²) in [5.74, 6) is -8.21. The van der Waals surface area contributed by atoms with Gasteiger partial charge in [0.2, 0.25) is 65.0 Å². The molecule has 0 aliphatic carbocycles. The van der Waals surface area contributed by atoms with Crippen LogP contribution in [-0.4, -0.2) is 239 Å². The standard InChI is InChI=1S/C74H120N12O12/c1-20-30-54(55-34-27-26-33-53(55)21-2)41-57-71(95)85(19)61(39-47(7)8)73(97)81(15)44-63(89)83(17)50(12)66(90)79-65(51(13)87)69(93)77-58(72(96)86-35-28-23-29-36-86)42-62(88)78-64(48(9)10)74(98)82(16)49(11)43-80(14)59(38-46(5)6)67(91)75-56(37-45(3)4)70(94)84(18)60(68(92)76-57)40-52-31-24-22-25-32-52/h22,24-27,31-34,45-51,54,56-61,64-65,87H,20-21,23,28-30,35-44H2,1-19H3,(H,75,91)(H,76,92)(H,77,93)(H,78,88)(H,79,90)/t49-,50-,51+,54?,56-,57-,58-,59-,60?,61-,64+,65-/m0/s1. The molecule has 24 heteroatoms. The number of hydrogen-bond acceptors (Lipinski definition) is 13. The van der Waals surface area contributed by atoms with E-state index in [0.717, 1.165) is 34.4 Å². The lowest BCUT2D eigenvalue weighted by Crippen LogP contribution is -2.61. The minimum atomic E-state index is -1.69. The van der Waals surface area contributed by atoms with Crippen LogP contribution in [0.1, 0.15) is 177 Å². The predicted molar refractivity (Wildman–Crippen MR) is 379 cm³/mol. The highest BCUT2D eigenvalue weighted by Crippen LogP contribution is 2.31. The number of aliphatic hydroxyl groups excluding tert-OH is 1. The Hall–Kier alpha value is -7.47. The van der Waals surface area contributed by atoms with Gasteiger partial charge in [0.15, 0.2) is 0 Å². The van der Waals surface area contributed by atoms with Crippen molar-refractivity contribution in [3.05, 3.63) is 71.3 Å². The van der Waals surface area contributed by atoms with Crippen molar-refractivity contribution in [1.82, 2.24) is 60.9 Å². The van der Waals surface area contributed by atoms with E-state index >= 15 is 24.0 Å². The monoisotopic (exact) mass is 1370 g/mol. The molecule has 0 aromatic heterocycles. The number of aliphatic hydroxyl groups is 1. The fourth-order valence-corrected chi connectivity index (χ4v) is 13.1. The average molecular weight is 1370 g/mol. The smallest absolute Gasteiger partial charge is 0.245 e. The first-order chi connectivity index (χ1) is 46.0. The van der Waals surface area contributed by atoms with Crippen molar-refractivity contribution in [2.45, 2.75) is 239 Å². The summed E-state index contributed by atoms with van der Waals surface area (Å²) in [6.07, 6.45) is 2.96. The molecule has 2 aliphatic rings. The van der Waals surface area contributed by atoms with Crippen molar-refractivity contribution < 1.29 is 57.8 Å². The van der Waals surface area contributed by atoms with Gasteiger partial charge >= 0.3 is 0 Å². The molecule has 24 nitrogen and oxygen atoms in total. The first-order valence-electron chi connectivity index (χ1n) is 35.6. The minimum Gasteiger partial charge on any atom is -0.391 e. The zero-order valence-corrected chi connectivity index (χ0v) is 62.3. The van der Waals surface area contributed by atoms with Gasteiger partial charge in [0.25, 0.3) is 0 Å². The Balaban J connectivity index is 1.94. The van der Waals surface area contributed by atoms with E-state index in [2.05, 4.69) is 33.5 Å². The molecule has 2 aliphatic heterocycles. The van der Waals surface area contributed by atoms with Gasteiger partial charge in [-0.25, -0.2) is 0 Å². The molecule has 2 heterocycles. The van der Waals surface area contributed by atoms with Crippen LogP contribution in [-0.2, 0) is 65.6 Å². The number of nitrogens with one attached hydrogen (secondary N) is 5. The molecule has 98 heavy (non-hydrogen) atoms. The quantitative estimate of drug-likeness (QED) is 0.123. The van der Waals surface area contributed by atoms with Gasteiger partial charge in [0.1, 0.15) is 48.3 Å². The molecule has 2 aromatic carbocycles. The summed E-state index contributed by atoms with van der Waals surface area (Å²) in [7, 11) is 9.14. The van der Waals surface area contributed by atoms with Crippen molar-refractivity contribution in [1.29, 1.82) is 0 Å². The number of carbonyl (C=O) groups is 11. The molecule has 11 amide bonds. The van der Waals surface area contributed by atoms with Crippen molar-refractivity contribution in [3.8, 4) is 0 Å². The molecule has 2 unspecified atom stereocenters. The Bertz CT molecular complexity index is 2990. The van der Waals surface area contributed by atoms with Crippen LogP contribution in [0.4, 0.5) is 0 Å². The maximum absolute atomic E-state index is 15.7. The van der Waals surface area contributed by atoms with E-state index in [1.165, 1.54) is 61.6 Å². The summed E-state index contributed by atoms with van der Waals surface area (Å²) in [4.78, 5) is 173. The lowest BCUT2D eigenvalue weighted by atomic mass is 9.84. The third-order valence-electron chi connectivity index (χ3n) is 19.3. The van der Waals surface area contributed by atoms with Crippen LogP contribution < -0.4 is 26.6 Å². The van der Waals surface area contributed by atoms with Crippen LogP contribution in [0.5, 0.6) is 0 Å². The zero-order valence-electron chi connectivity index (χ0n) is 62.3. The lowest BCUT2D eigenvalue weighted by molar-refractivity contribution is -0.149. The highest BCUT2D eigenvalue weighted by Gasteiger charge is 2.42. The molecule has 0 radical (unpaired) electrons. The first kappa shape index (κ1) is 83.0. The minimum absolute atomic E-state index is 0.0149. The van der Waals surface area contributed by atoms with Gasteiger partial charge in [-0.15, -0.1) is 0 Å². The summed E-state index contributed by atoms with van der Waals surface area (Å²) in [6, 6.07) is 5.37. The van der Waals surface area contributed by atoms with E-state index in [-0.39, 0.29) is 55.9 Å². The summed E-state index contributed by atoms with van der Waals surface area (Å²) in [5.41, 5.74) is 2.80. The second-order valence-corrected chi connectivity index (χ2v) is 29.2. The van der Waals surface area contributed by atoms with E-state index in [1.54, 1.807) is 32.8 Å². The van der Waals surface area contributed by atoms with Crippen LogP contribution in [0.25, 0.3) is 0 Å². The number of amides is 11. The second kappa shape index (κ2) is 39.4. The van der Waals surface area contributed by atoms with E-state index in [1.807, 2.05) is 115 Å². The van der Waals surface area contributed by atoms with Gasteiger partial charge in [0, 0.05) is 67.3 Å².